The Balaban J connectivity index is 1.86. The highest BCUT2D eigenvalue weighted by Gasteiger charge is 2.28. The minimum Gasteiger partial charge on any atom is -0.285 e. The van der Waals surface area contributed by atoms with E-state index in [4.69, 9.17) is 0 Å². The third-order valence-corrected chi connectivity index (χ3v) is 3.91. The molecular formula is C16H15N5. The van der Waals surface area contributed by atoms with E-state index >= 15 is 0 Å². The molecule has 0 aliphatic heterocycles. The van der Waals surface area contributed by atoms with Gasteiger partial charge in [-0.3, -0.25) is 15.2 Å². The third kappa shape index (κ3) is 2.07. The summed E-state index contributed by atoms with van der Waals surface area (Å²) < 4.78 is 0. The molecule has 0 aromatic carbocycles. The summed E-state index contributed by atoms with van der Waals surface area (Å²) in [6, 6.07) is 2.18. The Morgan fingerprint density at radius 1 is 1.14 bits per heavy atom. The zero-order chi connectivity index (χ0) is 14.2. The smallest absolute Gasteiger partial charge is 0.0736 e. The average molecular weight is 277 g/mol. The molecule has 5 nitrogen and oxygen atoms in total. The van der Waals surface area contributed by atoms with Crippen LogP contribution >= 0.6 is 0 Å². The normalized spacial score (nSPS) is 14.3. The van der Waals surface area contributed by atoms with Gasteiger partial charge in [0.15, 0.2) is 0 Å². The maximum absolute atomic E-state index is 4.59. The third-order valence-electron chi connectivity index (χ3n) is 3.91. The van der Waals surface area contributed by atoms with Crippen molar-refractivity contribution < 1.29 is 0 Å². The van der Waals surface area contributed by atoms with E-state index in [0.29, 0.717) is 5.92 Å². The van der Waals surface area contributed by atoms with E-state index in [1.807, 2.05) is 18.6 Å². The molecule has 3 aromatic rings. The zero-order valence-electron chi connectivity index (χ0n) is 11.5. The van der Waals surface area contributed by atoms with Gasteiger partial charge in [0.25, 0.3) is 0 Å². The predicted molar refractivity (Wildman–Crippen MR) is 81.5 cm³/mol. The molecule has 0 atom stereocenters. The summed E-state index contributed by atoms with van der Waals surface area (Å²) in [4.78, 5) is 4.59. The van der Waals surface area contributed by atoms with Crippen molar-refractivity contribution in [3.8, 4) is 22.4 Å². The van der Waals surface area contributed by atoms with Crippen molar-refractivity contribution in [2.45, 2.75) is 18.8 Å². The summed E-state index contributed by atoms with van der Waals surface area (Å²) in [5, 5.41) is 13.9. The molecule has 3 aromatic heterocycles. The van der Waals surface area contributed by atoms with E-state index in [2.05, 4.69) is 38.0 Å². The van der Waals surface area contributed by atoms with Crippen LogP contribution in [0.15, 0.2) is 37.4 Å². The van der Waals surface area contributed by atoms with E-state index in [1.165, 1.54) is 18.4 Å². The molecule has 21 heavy (non-hydrogen) atoms. The first-order valence-corrected chi connectivity index (χ1v) is 7.02. The monoisotopic (exact) mass is 277 g/mol. The summed E-state index contributed by atoms with van der Waals surface area (Å²) in [7, 11) is 0. The molecule has 1 aliphatic rings. The zero-order valence-corrected chi connectivity index (χ0v) is 11.5. The highest BCUT2D eigenvalue weighted by molar-refractivity contribution is 5.76. The lowest BCUT2D eigenvalue weighted by molar-refractivity contribution is 1.08. The molecule has 1 fully saturated rings. The molecule has 0 saturated heterocycles. The van der Waals surface area contributed by atoms with Crippen LogP contribution in [0.4, 0.5) is 0 Å². The van der Waals surface area contributed by atoms with Crippen LogP contribution in [0.2, 0.25) is 0 Å². The van der Waals surface area contributed by atoms with Gasteiger partial charge in [0, 0.05) is 29.1 Å². The fraction of sp³-hybridized carbons (Fsp3) is 0.188. The van der Waals surface area contributed by atoms with E-state index in [0.717, 1.165) is 28.1 Å². The molecule has 0 amide bonds. The Hall–Kier alpha value is -2.69. The maximum atomic E-state index is 4.59. The van der Waals surface area contributed by atoms with Gasteiger partial charge in [0.1, 0.15) is 0 Å². The minimum absolute atomic E-state index is 0.626. The van der Waals surface area contributed by atoms with Gasteiger partial charge in [-0.15, -0.1) is 0 Å². The van der Waals surface area contributed by atoms with Gasteiger partial charge >= 0.3 is 0 Å². The Morgan fingerprint density at radius 3 is 2.76 bits per heavy atom. The summed E-state index contributed by atoms with van der Waals surface area (Å²) in [5.74, 6) is 0.626. The largest absolute Gasteiger partial charge is 0.285 e. The summed E-state index contributed by atoms with van der Waals surface area (Å²) in [6.07, 6.45) is 11.7. The topological polar surface area (TPSA) is 70.2 Å². The Morgan fingerprint density at radius 2 is 2.05 bits per heavy atom. The molecule has 1 saturated carbocycles. The number of nitrogens with one attached hydrogen (secondary N) is 2. The van der Waals surface area contributed by atoms with Gasteiger partial charge in [-0.1, -0.05) is 6.58 Å². The van der Waals surface area contributed by atoms with E-state index in [9.17, 15) is 0 Å². The lowest BCUT2D eigenvalue weighted by atomic mass is 9.97. The first-order valence-electron chi connectivity index (χ1n) is 7.02. The summed E-state index contributed by atoms with van der Waals surface area (Å²) in [5.41, 5.74) is 6.46. The maximum Gasteiger partial charge on any atom is 0.0736 e. The molecule has 0 radical (unpaired) electrons. The quantitative estimate of drug-likeness (QED) is 0.768. The summed E-state index contributed by atoms with van der Waals surface area (Å²) >= 11 is 0. The number of hydrogen-bond donors (Lipinski definition) is 2. The fourth-order valence-electron chi connectivity index (χ4n) is 2.64. The number of nitrogens with zero attached hydrogens (tertiary/aromatic N) is 3. The van der Waals surface area contributed by atoms with Crippen molar-refractivity contribution in [1.29, 1.82) is 0 Å². The highest BCUT2D eigenvalue weighted by atomic mass is 15.1. The molecule has 104 valence electrons. The molecule has 0 spiro atoms. The number of pyridine rings is 1. The second-order valence-electron chi connectivity index (χ2n) is 5.32. The van der Waals surface area contributed by atoms with Crippen LogP contribution in [0.1, 0.15) is 30.0 Å². The van der Waals surface area contributed by atoms with Gasteiger partial charge in [-0.05, 0) is 36.5 Å². The van der Waals surface area contributed by atoms with Crippen LogP contribution in [-0.2, 0) is 0 Å². The van der Waals surface area contributed by atoms with Crippen LogP contribution in [0, 0.1) is 0 Å². The number of aromatic nitrogens is 5. The lowest BCUT2D eigenvalue weighted by Crippen LogP contribution is -1.92. The van der Waals surface area contributed by atoms with Gasteiger partial charge in [-0.2, -0.15) is 10.2 Å². The fourth-order valence-corrected chi connectivity index (χ4v) is 2.64. The summed E-state index contributed by atoms with van der Waals surface area (Å²) in [6.45, 7) is 3.83. The second kappa shape index (κ2) is 4.70. The molecular weight excluding hydrogens is 262 g/mol. The van der Waals surface area contributed by atoms with Crippen molar-refractivity contribution >= 4 is 6.08 Å². The first kappa shape index (κ1) is 12.1. The molecule has 2 N–H and O–H groups in total. The molecule has 0 bridgehead atoms. The molecule has 5 heteroatoms. The van der Waals surface area contributed by atoms with Crippen LogP contribution in [-0.4, -0.2) is 25.4 Å². The minimum atomic E-state index is 0.626. The van der Waals surface area contributed by atoms with Crippen molar-refractivity contribution in [1.82, 2.24) is 25.4 Å². The first-order chi connectivity index (χ1) is 10.4. The van der Waals surface area contributed by atoms with Gasteiger partial charge in [-0.25, -0.2) is 0 Å². The van der Waals surface area contributed by atoms with Crippen LogP contribution in [0.5, 0.6) is 0 Å². The number of hydrogen-bond acceptors (Lipinski definition) is 3. The van der Waals surface area contributed by atoms with Crippen LogP contribution in [0.25, 0.3) is 28.5 Å². The lowest BCUT2D eigenvalue weighted by Gasteiger charge is -2.09. The standard InChI is InChI=1S/C16H15N5/c1-2-15-14(9-20-21-15)13-8-17-16(11-6-18-19-7-11)5-12(13)10-3-4-10/h2,5-10H,1,3-4H2,(H,18,19)(H,20,21). The Kier molecular flexibility index (Phi) is 2.70. The van der Waals surface area contributed by atoms with E-state index in [1.54, 1.807) is 12.3 Å². The van der Waals surface area contributed by atoms with Crippen molar-refractivity contribution in [3.05, 3.63) is 48.7 Å². The number of H-pyrrole nitrogens is 2. The van der Waals surface area contributed by atoms with Crippen molar-refractivity contribution in [2.75, 3.05) is 0 Å². The highest BCUT2D eigenvalue weighted by Crippen LogP contribution is 2.45. The molecule has 4 rings (SSSR count). The van der Waals surface area contributed by atoms with Gasteiger partial charge in [0.05, 0.1) is 23.8 Å². The van der Waals surface area contributed by atoms with E-state index < -0.39 is 0 Å². The Bertz CT molecular complexity index is 781. The molecule has 1 aliphatic carbocycles. The van der Waals surface area contributed by atoms with Crippen molar-refractivity contribution in [3.63, 3.8) is 0 Å². The second-order valence-corrected chi connectivity index (χ2v) is 5.32. The van der Waals surface area contributed by atoms with E-state index in [-0.39, 0.29) is 0 Å². The Labute approximate surface area is 122 Å². The molecule has 3 heterocycles. The SMILES string of the molecule is C=Cc1[nH]ncc1-c1cnc(-c2cn[nH]c2)cc1C1CC1. The van der Waals surface area contributed by atoms with Gasteiger partial charge < -0.3 is 0 Å². The van der Waals surface area contributed by atoms with Crippen molar-refractivity contribution in [2.24, 2.45) is 0 Å². The average Bonchev–Trinajstić information content (AvgIpc) is 3.04. The number of aromatic amines is 2. The molecule has 0 unspecified atom stereocenters. The van der Waals surface area contributed by atoms with Gasteiger partial charge in [0.2, 0.25) is 0 Å². The van der Waals surface area contributed by atoms with Crippen LogP contribution < -0.4 is 0 Å². The predicted octanol–water partition coefficient (Wildman–Crippen LogP) is 3.38. The van der Waals surface area contributed by atoms with Crippen LogP contribution in [0.3, 0.4) is 0 Å². The number of rotatable bonds is 4.